The molecule has 0 aliphatic heterocycles. The molecular weight excluding hydrogens is 454 g/mol. The number of rotatable bonds is 10. The first-order valence-electron chi connectivity index (χ1n) is 10.5. The molecule has 0 radical (unpaired) electrons. The van der Waals surface area contributed by atoms with Gasteiger partial charge in [-0.25, -0.2) is 9.78 Å². The molecule has 0 bridgehead atoms. The highest BCUT2D eigenvalue weighted by molar-refractivity contribution is 8.14. The van der Waals surface area contributed by atoms with Crippen molar-refractivity contribution < 1.29 is 14.7 Å². The van der Waals surface area contributed by atoms with Crippen LogP contribution in [0, 0.1) is 0 Å². The first-order chi connectivity index (χ1) is 15.6. The van der Waals surface area contributed by atoms with E-state index in [2.05, 4.69) is 18.1 Å². The molecule has 2 rings (SSSR count). The van der Waals surface area contributed by atoms with Crippen molar-refractivity contribution in [2.75, 3.05) is 0 Å². The third-order valence-electron chi connectivity index (χ3n) is 4.98. The normalized spacial score (nSPS) is 13.3. The SMILES string of the molecule is C=C(C=Cc1ccc2ccc(Cl)cc2n1)C=C(C)C(CCC(=C)C(=CC)C(=O)O)SC(C)=O. The van der Waals surface area contributed by atoms with E-state index in [9.17, 15) is 14.7 Å². The van der Waals surface area contributed by atoms with Crippen LogP contribution in [0.25, 0.3) is 17.0 Å². The van der Waals surface area contributed by atoms with Crippen molar-refractivity contribution in [2.24, 2.45) is 0 Å². The molecule has 172 valence electrons. The molecule has 6 heteroatoms. The van der Waals surface area contributed by atoms with E-state index in [4.69, 9.17) is 11.6 Å². The quantitative estimate of drug-likeness (QED) is 0.282. The molecule has 1 unspecified atom stereocenters. The van der Waals surface area contributed by atoms with Crippen LogP contribution in [0.5, 0.6) is 0 Å². The van der Waals surface area contributed by atoms with Crippen molar-refractivity contribution in [2.45, 2.75) is 38.9 Å². The summed E-state index contributed by atoms with van der Waals surface area (Å²) >= 11 is 7.30. The lowest BCUT2D eigenvalue weighted by molar-refractivity contribution is -0.132. The second-order valence-corrected chi connectivity index (χ2v) is 9.43. The standard InChI is InChI=1S/C27H28ClNO3S/c1-6-24(27(31)32)18(3)8-14-26(33-20(5)30)19(4)15-17(2)7-12-23-13-10-21-9-11-22(28)16-25(21)29-23/h6-7,9-13,15-16,26H,2-3,8,14H2,1,4-5H3,(H,31,32). The van der Waals surface area contributed by atoms with Gasteiger partial charge in [0.05, 0.1) is 16.8 Å². The molecular formula is C27H28ClNO3S. The largest absolute Gasteiger partial charge is 0.478 e. The molecule has 1 aromatic carbocycles. The molecule has 2 aromatic rings. The lowest BCUT2D eigenvalue weighted by Crippen LogP contribution is -2.10. The number of hydrogen-bond donors (Lipinski definition) is 1. The minimum absolute atomic E-state index is 0.00281. The zero-order chi connectivity index (χ0) is 24.5. The Balaban J connectivity index is 2.12. The minimum Gasteiger partial charge on any atom is -0.478 e. The van der Waals surface area contributed by atoms with Gasteiger partial charge in [-0.15, -0.1) is 0 Å². The lowest BCUT2D eigenvalue weighted by atomic mass is 9.99. The number of nitrogens with zero attached hydrogens (tertiary/aromatic N) is 1. The molecule has 0 saturated carbocycles. The smallest absolute Gasteiger partial charge is 0.335 e. The first-order valence-corrected chi connectivity index (χ1v) is 11.7. The molecule has 0 aliphatic rings. The molecule has 0 fully saturated rings. The fourth-order valence-corrected chi connectivity index (χ4v) is 4.38. The predicted octanol–water partition coefficient (Wildman–Crippen LogP) is 7.42. The van der Waals surface area contributed by atoms with E-state index < -0.39 is 5.97 Å². The molecule has 33 heavy (non-hydrogen) atoms. The number of benzene rings is 1. The van der Waals surface area contributed by atoms with Crippen LogP contribution >= 0.6 is 23.4 Å². The van der Waals surface area contributed by atoms with Crippen LogP contribution in [0.2, 0.25) is 5.02 Å². The Morgan fingerprint density at radius 3 is 2.55 bits per heavy atom. The molecule has 0 aliphatic carbocycles. The maximum atomic E-state index is 11.8. The number of allylic oxidation sites excluding steroid dienone is 4. The average Bonchev–Trinajstić information content (AvgIpc) is 2.74. The van der Waals surface area contributed by atoms with Gasteiger partial charge in [0.1, 0.15) is 0 Å². The third kappa shape index (κ3) is 8.19. The van der Waals surface area contributed by atoms with Crippen molar-refractivity contribution in [3.8, 4) is 0 Å². The molecule has 0 spiro atoms. The van der Waals surface area contributed by atoms with Crippen LogP contribution in [-0.4, -0.2) is 26.4 Å². The number of carbonyl (C=O) groups excluding carboxylic acids is 1. The maximum Gasteiger partial charge on any atom is 0.335 e. The van der Waals surface area contributed by atoms with Crippen LogP contribution in [0.1, 0.15) is 39.3 Å². The minimum atomic E-state index is -0.992. The van der Waals surface area contributed by atoms with Crippen molar-refractivity contribution in [3.63, 3.8) is 0 Å². The van der Waals surface area contributed by atoms with Crippen LogP contribution in [0.3, 0.4) is 0 Å². The van der Waals surface area contributed by atoms with Crippen LogP contribution in [0.4, 0.5) is 0 Å². The van der Waals surface area contributed by atoms with Crippen molar-refractivity contribution in [3.05, 3.63) is 94.7 Å². The van der Waals surface area contributed by atoms with Gasteiger partial charge >= 0.3 is 5.97 Å². The van der Waals surface area contributed by atoms with E-state index >= 15 is 0 Å². The number of aliphatic carboxylic acids is 1. The fraction of sp³-hybridized carbons (Fsp3) is 0.222. The van der Waals surface area contributed by atoms with Gasteiger partial charge in [0.25, 0.3) is 0 Å². The van der Waals surface area contributed by atoms with Gasteiger partial charge in [-0.05, 0) is 62.1 Å². The number of carboxylic acid groups (broad SMARTS) is 1. The number of pyridine rings is 1. The number of halogens is 1. The number of fused-ring (bicyclic) bond motifs is 1. The summed E-state index contributed by atoms with van der Waals surface area (Å²) < 4.78 is 0. The molecule has 0 amide bonds. The number of hydrogen-bond acceptors (Lipinski definition) is 4. The van der Waals surface area contributed by atoms with E-state index in [1.165, 1.54) is 18.7 Å². The van der Waals surface area contributed by atoms with Gasteiger partial charge in [0, 0.05) is 22.6 Å². The average molecular weight is 482 g/mol. The maximum absolute atomic E-state index is 11.8. The van der Waals surface area contributed by atoms with Crippen LogP contribution < -0.4 is 0 Å². The summed E-state index contributed by atoms with van der Waals surface area (Å²) in [6, 6.07) is 9.51. The zero-order valence-corrected chi connectivity index (χ0v) is 20.7. The fourth-order valence-electron chi connectivity index (χ4n) is 3.32. The van der Waals surface area contributed by atoms with Gasteiger partial charge in [-0.1, -0.05) is 72.5 Å². The number of thioether (sulfide) groups is 1. The summed E-state index contributed by atoms with van der Waals surface area (Å²) in [5, 5.41) is 10.8. The highest BCUT2D eigenvalue weighted by Gasteiger charge is 2.17. The summed E-state index contributed by atoms with van der Waals surface area (Å²) in [6.45, 7) is 13.2. The van der Waals surface area contributed by atoms with Gasteiger partial charge < -0.3 is 5.11 Å². The van der Waals surface area contributed by atoms with E-state index in [1.54, 1.807) is 13.0 Å². The van der Waals surface area contributed by atoms with Gasteiger partial charge in [0.15, 0.2) is 5.12 Å². The Morgan fingerprint density at radius 2 is 1.91 bits per heavy atom. The van der Waals surface area contributed by atoms with Gasteiger partial charge in [-0.3, -0.25) is 4.79 Å². The van der Waals surface area contributed by atoms with E-state index in [0.717, 1.165) is 27.7 Å². The van der Waals surface area contributed by atoms with E-state index in [0.29, 0.717) is 23.4 Å². The second-order valence-electron chi connectivity index (χ2n) is 7.62. The molecule has 1 heterocycles. The monoisotopic (exact) mass is 481 g/mol. The van der Waals surface area contributed by atoms with E-state index in [1.807, 2.05) is 55.5 Å². The van der Waals surface area contributed by atoms with Crippen LogP contribution in [-0.2, 0) is 9.59 Å². The first kappa shape index (κ1) is 26.4. The van der Waals surface area contributed by atoms with E-state index in [-0.39, 0.29) is 15.9 Å². The van der Waals surface area contributed by atoms with Crippen LogP contribution in [0.15, 0.2) is 84.0 Å². The summed E-state index contributed by atoms with van der Waals surface area (Å²) in [4.78, 5) is 27.7. The summed E-state index contributed by atoms with van der Waals surface area (Å²) in [7, 11) is 0. The predicted molar refractivity (Wildman–Crippen MR) is 141 cm³/mol. The molecule has 1 aromatic heterocycles. The summed E-state index contributed by atoms with van der Waals surface area (Å²) in [5.74, 6) is -0.992. The van der Waals surface area contributed by atoms with Gasteiger partial charge in [0.2, 0.25) is 0 Å². The highest BCUT2D eigenvalue weighted by atomic mass is 35.5. The molecule has 4 nitrogen and oxygen atoms in total. The Kier molecular flexibility index (Phi) is 9.89. The molecule has 0 saturated heterocycles. The summed E-state index contributed by atoms with van der Waals surface area (Å²) in [5.41, 5.74) is 4.12. The lowest BCUT2D eigenvalue weighted by Gasteiger charge is -2.17. The topological polar surface area (TPSA) is 67.3 Å². The van der Waals surface area contributed by atoms with Gasteiger partial charge in [-0.2, -0.15) is 0 Å². The molecule has 1 atom stereocenters. The Hall–Kier alpha value is -2.89. The zero-order valence-electron chi connectivity index (χ0n) is 19.1. The third-order valence-corrected chi connectivity index (χ3v) is 6.44. The number of carboxylic acids is 1. The van der Waals surface area contributed by atoms with Crippen molar-refractivity contribution in [1.82, 2.24) is 4.98 Å². The molecule has 1 N–H and O–H groups in total. The second kappa shape index (κ2) is 12.4. The Morgan fingerprint density at radius 1 is 1.21 bits per heavy atom. The highest BCUT2D eigenvalue weighted by Crippen LogP contribution is 2.28. The number of aromatic nitrogens is 1. The number of carbonyl (C=O) groups is 2. The summed E-state index contributed by atoms with van der Waals surface area (Å²) in [6.07, 6.45) is 8.31. The Labute approximate surface area is 204 Å². The Bertz CT molecular complexity index is 1180. The van der Waals surface area contributed by atoms with Crippen molar-refractivity contribution in [1.29, 1.82) is 0 Å². The van der Waals surface area contributed by atoms with Crippen molar-refractivity contribution >= 4 is 51.4 Å².